The Bertz CT molecular complexity index is 1430. The molecule has 29 heavy (non-hydrogen) atoms. The topological polar surface area (TPSA) is 65.8 Å². The molecule has 4 aromatic heterocycles. The van der Waals surface area contributed by atoms with Crippen molar-refractivity contribution in [2.45, 2.75) is 0 Å². The molecule has 0 saturated carbocycles. The number of aromatic nitrogens is 7. The highest BCUT2D eigenvalue weighted by Gasteiger charge is 2.14. The average Bonchev–Trinajstić information content (AvgIpc) is 3.53. The molecule has 0 aliphatic heterocycles. The number of para-hydroxylation sites is 1. The van der Waals surface area contributed by atoms with Gasteiger partial charge in [-0.3, -0.25) is 0 Å². The summed E-state index contributed by atoms with van der Waals surface area (Å²) in [5.74, 6) is 0.658. The number of hydrogen-bond donors (Lipinski definition) is 0. The minimum absolute atomic E-state index is 0.658. The molecule has 0 aliphatic carbocycles. The van der Waals surface area contributed by atoms with E-state index >= 15 is 0 Å². The maximum absolute atomic E-state index is 4.76. The van der Waals surface area contributed by atoms with E-state index in [1.807, 2.05) is 71.7 Å². The molecule has 0 spiro atoms. The number of fused-ring (bicyclic) bond motifs is 3. The summed E-state index contributed by atoms with van der Waals surface area (Å²) in [6.45, 7) is 0. The van der Waals surface area contributed by atoms with Gasteiger partial charge in [-0.05, 0) is 48.5 Å². The molecule has 0 amide bonds. The maximum atomic E-state index is 4.76. The molecule has 0 bridgehead atoms. The van der Waals surface area contributed by atoms with Crippen molar-refractivity contribution in [3.05, 3.63) is 91.6 Å². The second-order valence-corrected chi connectivity index (χ2v) is 6.71. The highest BCUT2D eigenvalue weighted by molar-refractivity contribution is 5.90. The van der Waals surface area contributed by atoms with Gasteiger partial charge in [-0.1, -0.05) is 18.2 Å². The summed E-state index contributed by atoms with van der Waals surface area (Å²) in [6.07, 6.45) is 7.51. The van der Waals surface area contributed by atoms with Crippen molar-refractivity contribution < 1.29 is 0 Å². The summed E-state index contributed by atoms with van der Waals surface area (Å²) in [7, 11) is 0. The summed E-state index contributed by atoms with van der Waals surface area (Å²) in [5, 5.41) is 9.98. The Morgan fingerprint density at radius 2 is 1.52 bits per heavy atom. The fraction of sp³-hybridized carbons (Fsp3) is 0. The van der Waals surface area contributed by atoms with Gasteiger partial charge in [0.25, 0.3) is 0 Å². The highest BCUT2D eigenvalue weighted by atomic mass is 15.3. The van der Waals surface area contributed by atoms with Gasteiger partial charge < -0.3 is 4.57 Å². The predicted octanol–water partition coefficient (Wildman–Crippen LogP) is 3.92. The van der Waals surface area contributed by atoms with E-state index in [2.05, 4.69) is 31.9 Å². The van der Waals surface area contributed by atoms with Crippen LogP contribution in [0.2, 0.25) is 0 Å². The van der Waals surface area contributed by atoms with E-state index in [0.717, 1.165) is 33.6 Å². The van der Waals surface area contributed by atoms with Crippen molar-refractivity contribution >= 4 is 16.7 Å². The first-order chi connectivity index (χ1) is 14.4. The molecule has 0 atom stereocenters. The predicted molar refractivity (Wildman–Crippen MR) is 110 cm³/mol. The Morgan fingerprint density at radius 3 is 2.31 bits per heavy atom. The summed E-state index contributed by atoms with van der Waals surface area (Å²) >= 11 is 0. The number of benzene rings is 2. The Labute approximate surface area is 165 Å². The molecule has 0 unspecified atom stereocenters. The van der Waals surface area contributed by atoms with Gasteiger partial charge in [-0.15, -0.1) is 5.10 Å². The average molecular weight is 377 g/mol. The van der Waals surface area contributed by atoms with Crippen LogP contribution in [0.15, 0.2) is 91.6 Å². The molecular formula is C22H15N7. The lowest BCUT2D eigenvalue weighted by Gasteiger charge is -2.02. The summed E-state index contributed by atoms with van der Waals surface area (Å²) in [5.41, 5.74) is 4.50. The van der Waals surface area contributed by atoms with E-state index in [0.29, 0.717) is 5.82 Å². The first-order valence-corrected chi connectivity index (χ1v) is 9.25. The van der Waals surface area contributed by atoms with Crippen molar-refractivity contribution in [3.8, 4) is 22.8 Å². The monoisotopic (exact) mass is 377 g/mol. The Balaban J connectivity index is 1.45. The standard InChI is InChI=1S/C22H15N7/c1-2-6-18(7-3-1)29-21-19(14-24-29)22-25-20(26-28(22)15-23-21)16-8-10-17(11-9-16)27-12-4-5-13-27/h1-15H. The third-order valence-corrected chi connectivity index (χ3v) is 4.93. The van der Waals surface area contributed by atoms with Crippen LogP contribution in [-0.2, 0) is 0 Å². The quantitative estimate of drug-likeness (QED) is 0.469. The van der Waals surface area contributed by atoms with Gasteiger partial charge in [0.1, 0.15) is 6.33 Å². The van der Waals surface area contributed by atoms with Crippen LogP contribution in [0.25, 0.3) is 39.4 Å². The van der Waals surface area contributed by atoms with E-state index in [4.69, 9.17) is 4.98 Å². The molecule has 0 saturated heterocycles. The number of hydrogen-bond acceptors (Lipinski definition) is 4. The van der Waals surface area contributed by atoms with Crippen molar-refractivity contribution in [2.75, 3.05) is 0 Å². The molecule has 138 valence electrons. The van der Waals surface area contributed by atoms with Crippen LogP contribution in [0.3, 0.4) is 0 Å². The molecule has 0 fully saturated rings. The highest BCUT2D eigenvalue weighted by Crippen LogP contribution is 2.23. The van der Waals surface area contributed by atoms with Crippen molar-refractivity contribution in [3.63, 3.8) is 0 Å². The van der Waals surface area contributed by atoms with Gasteiger partial charge in [0.15, 0.2) is 17.1 Å². The van der Waals surface area contributed by atoms with Crippen molar-refractivity contribution in [1.29, 1.82) is 0 Å². The van der Waals surface area contributed by atoms with Crippen LogP contribution in [0.5, 0.6) is 0 Å². The molecule has 7 heteroatoms. The van der Waals surface area contributed by atoms with Crippen LogP contribution >= 0.6 is 0 Å². The van der Waals surface area contributed by atoms with Crippen LogP contribution in [0.4, 0.5) is 0 Å². The van der Waals surface area contributed by atoms with Crippen LogP contribution in [0.1, 0.15) is 0 Å². The molecule has 0 aliphatic rings. The fourth-order valence-corrected chi connectivity index (χ4v) is 3.49. The van der Waals surface area contributed by atoms with Gasteiger partial charge in [-0.2, -0.15) is 5.10 Å². The smallest absolute Gasteiger partial charge is 0.182 e. The first-order valence-electron chi connectivity index (χ1n) is 9.25. The first kappa shape index (κ1) is 15.8. The molecule has 0 N–H and O–H groups in total. The van der Waals surface area contributed by atoms with Crippen molar-refractivity contribution in [2.24, 2.45) is 0 Å². The van der Waals surface area contributed by atoms with Crippen LogP contribution in [0, 0.1) is 0 Å². The lowest BCUT2D eigenvalue weighted by Crippen LogP contribution is -1.98. The van der Waals surface area contributed by atoms with Crippen molar-refractivity contribution in [1.82, 2.24) is 33.9 Å². The van der Waals surface area contributed by atoms with Gasteiger partial charge in [0.2, 0.25) is 0 Å². The Morgan fingerprint density at radius 1 is 0.724 bits per heavy atom. The van der Waals surface area contributed by atoms with Gasteiger partial charge >= 0.3 is 0 Å². The molecule has 6 aromatic rings. The Hall–Kier alpha value is -4.26. The number of rotatable bonds is 3. The van der Waals surface area contributed by atoms with Gasteiger partial charge in [-0.25, -0.2) is 19.2 Å². The third kappa shape index (κ3) is 2.52. The lowest BCUT2D eigenvalue weighted by atomic mass is 10.2. The molecule has 4 heterocycles. The molecule has 7 nitrogen and oxygen atoms in total. The van der Waals surface area contributed by atoms with Gasteiger partial charge in [0.05, 0.1) is 17.3 Å². The van der Waals surface area contributed by atoms with Gasteiger partial charge in [0, 0.05) is 23.6 Å². The summed E-state index contributed by atoms with van der Waals surface area (Å²) in [6, 6.07) is 22.1. The molecule has 0 radical (unpaired) electrons. The second-order valence-electron chi connectivity index (χ2n) is 6.71. The van der Waals surface area contributed by atoms with Crippen LogP contribution < -0.4 is 0 Å². The van der Waals surface area contributed by atoms with E-state index in [9.17, 15) is 0 Å². The van der Waals surface area contributed by atoms with E-state index in [1.54, 1.807) is 17.0 Å². The third-order valence-electron chi connectivity index (χ3n) is 4.93. The molecule has 2 aromatic carbocycles. The largest absolute Gasteiger partial charge is 0.324 e. The van der Waals surface area contributed by atoms with E-state index in [-0.39, 0.29) is 0 Å². The maximum Gasteiger partial charge on any atom is 0.182 e. The summed E-state index contributed by atoms with van der Waals surface area (Å²) < 4.78 is 5.58. The normalized spacial score (nSPS) is 11.4. The second kappa shape index (κ2) is 6.13. The minimum Gasteiger partial charge on any atom is -0.324 e. The summed E-state index contributed by atoms with van der Waals surface area (Å²) in [4.78, 5) is 9.32. The van der Waals surface area contributed by atoms with E-state index < -0.39 is 0 Å². The number of nitrogens with zero attached hydrogens (tertiary/aromatic N) is 7. The Kier molecular flexibility index (Phi) is 3.33. The SMILES string of the molecule is c1ccc(-n2ncc3c2ncn2nc(-c4ccc(-n5cccc5)cc4)nc32)cc1. The van der Waals surface area contributed by atoms with Crippen LogP contribution in [-0.4, -0.2) is 33.9 Å². The van der Waals surface area contributed by atoms with E-state index in [1.165, 1.54) is 0 Å². The zero-order valence-corrected chi connectivity index (χ0v) is 15.3. The zero-order chi connectivity index (χ0) is 19.2. The fourth-order valence-electron chi connectivity index (χ4n) is 3.49. The molecule has 6 rings (SSSR count). The lowest BCUT2D eigenvalue weighted by molar-refractivity contribution is 0.882. The zero-order valence-electron chi connectivity index (χ0n) is 15.3. The minimum atomic E-state index is 0.658. The molecular weight excluding hydrogens is 362 g/mol.